The second-order valence-electron chi connectivity index (χ2n) is 7.64. The molecule has 1 atom stereocenters. The summed E-state index contributed by atoms with van der Waals surface area (Å²) >= 11 is 3.52. The average Bonchev–Trinajstić information content (AvgIpc) is 2.76. The zero-order valence-electron chi connectivity index (χ0n) is 16.6. The number of fused-ring (bicyclic) bond motifs is 1. The minimum atomic E-state index is 0.506. The van der Waals surface area contributed by atoms with Crippen LogP contribution in [0.3, 0.4) is 0 Å². The Labute approximate surface area is 181 Å². The zero-order chi connectivity index (χ0) is 19.9. The van der Waals surface area contributed by atoms with Gasteiger partial charge in [-0.25, -0.2) is 4.98 Å². The number of aryl methyl sites for hydroxylation is 1. The maximum absolute atomic E-state index is 4.75. The van der Waals surface area contributed by atoms with Crippen molar-refractivity contribution in [2.24, 2.45) is 0 Å². The van der Waals surface area contributed by atoms with Gasteiger partial charge in [0.2, 0.25) is 0 Å². The van der Waals surface area contributed by atoms with Gasteiger partial charge in [-0.1, -0.05) is 36.4 Å². The Bertz CT molecular complexity index is 912. The van der Waals surface area contributed by atoms with Crippen LogP contribution in [0.1, 0.15) is 46.8 Å². The first-order valence-corrected chi connectivity index (χ1v) is 11.1. The van der Waals surface area contributed by atoms with Crippen molar-refractivity contribution in [3.05, 3.63) is 93.5 Å². The van der Waals surface area contributed by atoms with E-state index in [1.54, 1.807) is 0 Å². The third-order valence-electron chi connectivity index (χ3n) is 5.47. The molecule has 4 nitrogen and oxygen atoms in total. The minimum Gasteiger partial charge on any atom is -0.312 e. The predicted octanol–water partition coefficient (Wildman–Crippen LogP) is 4.74. The van der Waals surface area contributed by atoms with E-state index in [2.05, 4.69) is 67.9 Å². The molecule has 0 spiro atoms. The highest BCUT2D eigenvalue weighted by molar-refractivity contribution is 9.10. The van der Waals surface area contributed by atoms with Gasteiger partial charge in [-0.15, -0.1) is 0 Å². The first-order chi connectivity index (χ1) is 14.3. The maximum atomic E-state index is 4.75. The largest absolute Gasteiger partial charge is 0.312 e. The SMILES string of the molecule is Brc1ccc2c(n1)C(CNCc1ccc(CNCc3ccccn3)cc1)CCC2. The van der Waals surface area contributed by atoms with Gasteiger partial charge < -0.3 is 10.6 Å². The Morgan fingerprint density at radius 2 is 1.69 bits per heavy atom. The zero-order valence-corrected chi connectivity index (χ0v) is 18.2. The summed E-state index contributed by atoms with van der Waals surface area (Å²) in [6.45, 7) is 3.51. The molecule has 0 bridgehead atoms. The quantitative estimate of drug-likeness (QED) is 0.486. The van der Waals surface area contributed by atoms with Gasteiger partial charge in [0.1, 0.15) is 4.60 Å². The van der Waals surface area contributed by atoms with Crippen LogP contribution in [0.5, 0.6) is 0 Å². The summed E-state index contributed by atoms with van der Waals surface area (Å²) in [7, 11) is 0. The summed E-state index contributed by atoms with van der Waals surface area (Å²) < 4.78 is 0.940. The summed E-state index contributed by atoms with van der Waals surface area (Å²) in [4.78, 5) is 9.09. The number of rotatable bonds is 8. The monoisotopic (exact) mass is 450 g/mol. The lowest BCUT2D eigenvalue weighted by Gasteiger charge is -2.25. The van der Waals surface area contributed by atoms with Crippen molar-refractivity contribution in [2.45, 2.75) is 44.8 Å². The third-order valence-corrected chi connectivity index (χ3v) is 5.91. The van der Waals surface area contributed by atoms with Crippen molar-refractivity contribution in [3.8, 4) is 0 Å². The van der Waals surface area contributed by atoms with E-state index in [9.17, 15) is 0 Å². The highest BCUT2D eigenvalue weighted by atomic mass is 79.9. The van der Waals surface area contributed by atoms with Crippen molar-refractivity contribution >= 4 is 15.9 Å². The van der Waals surface area contributed by atoms with Gasteiger partial charge in [0.25, 0.3) is 0 Å². The summed E-state index contributed by atoms with van der Waals surface area (Å²) in [6.07, 6.45) is 5.45. The van der Waals surface area contributed by atoms with Crippen molar-refractivity contribution in [2.75, 3.05) is 6.54 Å². The molecule has 0 amide bonds. The van der Waals surface area contributed by atoms with Gasteiger partial charge in [0.05, 0.1) is 5.69 Å². The van der Waals surface area contributed by atoms with Gasteiger partial charge >= 0.3 is 0 Å². The molecule has 5 heteroatoms. The number of halogens is 1. The average molecular weight is 451 g/mol. The van der Waals surface area contributed by atoms with Crippen LogP contribution >= 0.6 is 15.9 Å². The summed E-state index contributed by atoms with van der Waals surface area (Å²) in [5.74, 6) is 0.506. The molecule has 1 aliphatic rings. The number of hydrogen-bond donors (Lipinski definition) is 2. The highest BCUT2D eigenvalue weighted by Gasteiger charge is 2.21. The molecule has 0 fully saturated rings. The Morgan fingerprint density at radius 3 is 2.45 bits per heavy atom. The second kappa shape index (κ2) is 10.1. The Kier molecular flexibility index (Phi) is 7.04. The number of aromatic nitrogens is 2. The summed E-state index contributed by atoms with van der Waals surface area (Å²) in [5.41, 5.74) is 6.36. The summed E-state index contributed by atoms with van der Waals surface area (Å²) in [5, 5.41) is 7.09. The fourth-order valence-electron chi connectivity index (χ4n) is 3.92. The molecular formula is C24H27BrN4. The van der Waals surface area contributed by atoms with Crippen LogP contribution in [0.4, 0.5) is 0 Å². The molecule has 4 rings (SSSR count). The standard InChI is InChI=1S/C24H27BrN4/c25-23-12-11-20-4-3-5-21(24(20)29-23)16-26-14-18-7-9-19(10-8-18)15-27-17-22-6-1-2-13-28-22/h1-2,6-13,21,26-27H,3-5,14-17H2. The van der Waals surface area contributed by atoms with Crippen LogP contribution in [0.25, 0.3) is 0 Å². The number of benzene rings is 1. The van der Waals surface area contributed by atoms with Crippen LogP contribution in [-0.2, 0) is 26.1 Å². The minimum absolute atomic E-state index is 0.506. The Balaban J connectivity index is 1.23. The fourth-order valence-corrected chi connectivity index (χ4v) is 4.24. The smallest absolute Gasteiger partial charge is 0.106 e. The van der Waals surface area contributed by atoms with Gasteiger partial charge in [-0.2, -0.15) is 0 Å². The molecule has 2 aromatic heterocycles. The van der Waals surface area contributed by atoms with E-state index in [4.69, 9.17) is 4.98 Å². The molecular weight excluding hydrogens is 424 g/mol. The molecule has 29 heavy (non-hydrogen) atoms. The number of nitrogens with one attached hydrogen (secondary N) is 2. The van der Waals surface area contributed by atoms with E-state index < -0.39 is 0 Å². The number of nitrogens with zero attached hydrogens (tertiary/aromatic N) is 2. The van der Waals surface area contributed by atoms with Gasteiger partial charge in [0.15, 0.2) is 0 Å². The predicted molar refractivity (Wildman–Crippen MR) is 121 cm³/mol. The lowest BCUT2D eigenvalue weighted by Crippen LogP contribution is -2.25. The second-order valence-corrected chi connectivity index (χ2v) is 8.45. The maximum Gasteiger partial charge on any atom is 0.106 e. The van der Waals surface area contributed by atoms with E-state index in [1.807, 2.05) is 24.4 Å². The van der Waals surface area contributed by atoms with Crippen LogP contribution in [0.15, 0.2) is 65.4 Å². The van der Waals surface area contributed by atoms with Crippen LogP contribution in [0, 0.1) is 0 Å². The molecule has 2 heterocycles. The van der Waals surface area contributed by atoms with Crippen molar-refractivity contribution in [3.63, 3.8) is 0 Å². The molecule has 3 aromatic rings. The highest BCUT2D eigenvalue weighted by Crippen LogP contribution is 2.30. The number of hydrogen-bond acceptors (Lipinski definition) is 4. The molecule has 0 saturated heterocycles. The Hall–Kier alpha value is -2.08. The van der Waals surface area contributed by atoms with E-state index >= 15 is 0 Å². The molecule has 1 aliphatic carbocycles. The number of pyridine rings is 2. The van der Waals surface area contributed by atoms with Crippen molar-refractivity contribution < 1.29 is 0 Å². The van der Waals surface area contributed by atoms with Crippen molar-refractivity contribution in [1.82, 2.24) is 20.6 Å². The first kappa shape index (κ1) is 20.2. The third kappa shape index (κ3) is 5.72. The normalized spacial score (nSPS) is 15.8. The van der Waals surface area contributed by atoms with Crippen molar-refractivity contribution in [1.29, 1.82) is 0 Å². The van der Waals surface area contributed by atoms with E-state index in [1.165, 1.54) is 35.2 Å². The van der Waals surface area contributed by atoms with Crippen LogP contribution < -0.4 is 10.6 Å². The van der Waals surface area contributed by atoms with Gasteiger partial charge in [-0.3, -0.25) is 4.98 Å². The van der Waals surface area contributed by atoms with Crippen LogP contribution in [-0.4, -0.2) is 16.5 Å². The van der Waals surface area contributed by atoms with Gasteiger partial charge in [0, 0.05) is 44.0 Å². The van der Waals surface area contributed by atoms with Crippen LogP contribution in [0.2, 0.25) is 0 Å². The van der Waals surface area contributed by atoms with E-state index in [-0.39, 0.29) is 0 Å². The molecule has 0 radical (unpaired) electrons. The molecule has 1 aromatic carbocycles. The summed E-state index contributed by atoms with van der Waals surface area (Å²) in [6, 6.07) is 19.1. The molecule has 1 unspecified atom stereocenters. The lowest BCUT2D eigenvalue weighted by molar-refractivity contribution is 0.495. The van der Waals surface area contributed by atoms with Gasteiger partial charge in [-0.05, 0) is 70.1 Å². The molecule has 0 saturated carbocycles. The first-order valence-electron chi connectivity index (χ1n) is 10.3. The fraction of sp³-hybridized carbons (Fsp3) is 0.333. The Morgan fingerprint density at radius 1 is 0.897 bits per heavy atom. The van der Waals surface area contributed by atoms with E-state index in [0.717, 1.165) is 42.9 Å². The molecule has 0 aliphatic heterocycles. The molecule has 150 valence electrons. The topological polar surface area (TPSA) is 49.8 Å². The molecule has 2 N–H and O–H groups in total. The lowest BCUT2D eigenvalue weighted by atomic mass is 9.86. The van der Waals surface area contributed by atoms with E-state index in [0.29, 0.717) is 5.92 Å².